The third-order valence-electron chi connectivity index (χ3n) is 3.02. The van der Waals surface area contributed by atoms with Gasteiger partial charge >= 0.3 is 0 Å². The smallest absolute Gasteiger partial charge is 0.147 e. The summed E-state index contributed by atoms with van der Waals surface area (Å²) in [5, 5.41) is 7.98. The van der Waals surface area contributed by atoms with Gasteiger partial charge in [0.15, 0.2) is 0 Å². The molecule has 5 heteroatoms. The Labute approximate surface area is 123 Å². The highest BCUT2D eigenvalue weighted by molar-refractivity contribution is 6.30. The summed E-state index contributed by atoms with van der Waals surface area (Å²) in [7, 11) is 1.89. The molecule has 0 amide bonds. The molecule has 108 valence electrons. The van der Waals surface area contributed by atoms with Crippen molar-refractivity contribution in [2.24, 2.45) is 7.05 Å². The number of hydrogen-bond donors (Lipinski definition) is 1. The monoisotopic (exact) mass is 295 g/mol. The van der Waals surface area contributed by atoms with Crippen molar-refractivity contribution in [1.82, 2.24) is 9.78 Å². The van der Waals surface area contributed by atoms with Crippen LogP contribution in [0.5, 0.6) is 0 Å². The number of aromatic nitrogens is 2. The summed E-state index contributed by atoms with van der Waals surface area (Å²) in [6.07, 6.45) is 1.96. The van der Waals surface area contributed by atoms with Crippen molar-refractivity contribution in [2.45, 2.75) is 32.7 Å². The van der Waals surface area contributed by atoms with Crippen LogP contribution in [0.4, 0.5) is 10.1 Å². The lowest BCUT2D eigenvalue weighted by Crippen LogP contribution is -2.16. The molecule has 0 spiro atoms. The van der Waals surface area contributed by atoms with E-state index >= 15 is 0 Å². The van der Waals surface area contributed by atoms with E-state index in [1.165, 1.54) is 6.07 Å². The average molecular weight is 296 g/mol. The molecule has 1 aromatic heterocycles. The second-order valence-electron chi connectivity index (χ2n) is 5.90. The molecular weight excluding hydrogens is 277 g/mol. The molecule has 0 bridgehead atoms. The van der Waals surface area contributed by atoms with Crippen molar-refractivity contribution >= 4 is 17.3 Å². The molecule has 2 rings (SSSR count). The van der Waals surface area contributed by atoms with Crippen LogP contribution in [0.15, 0.2) is 24.4 Å². The molecule has 0 aliphatic rings. The van der Waals surface area contributed by atoms with Crippen LogP contribution < -0.4 is 5.32 Å². The molecule has 0 fully saturated rings. The fourth-order valence-electron chi connectivity index (χ4n) is 2.12. The normalized spacial score (nSPS) is 11.7. The lowest BCUT2D eigenvalue weighted by Gasteiger charge is -2.18. The van der Waals surface area contributed by atoms with Gasteiger partial charge in [0, 0.05) is 35.8 Å². The Morgan fingerprint density at radius 3 is 2.65 bits per heavy atom. The van der Waals surface area contributed by atoms with Crippen LogP contribution >= 0.6 is 11.6 Å². The van der Waals surface area contributed by atoms with E-state index in [9.17, 15) is 4.39 Å². The number of halogens is 2. The number of hydrogen-bond acceptors (Lipinski definition) is 2. The number of benzene rings is 1. The lowest BCUT2D eigenvalue weighted by atomic mass is 9.89. The second-order valence-corrected chi connectivity index (χ2v) is 6.34. The van der Waals surface area contributed by atoms with Gasteiger partial charge in [0.25, 0.3) is 0 Å². The number of rotatable bonds is 3. The first-order valence-corrected chi connectivity index (χ1v) is 6.87. The minimum Gasteiger partial charge on any atom is -0.378 e. The summed E-state index contributed by atoms with van der Waals surface area (Å²) in [5.74, 6) is -0.348. The molecule has 0 saturated heterocycles. The van der Waals surface area contributed by atoms with Gasteiger partial charge in [-0.1, -0.05) is 32.4 Å². The predicted octanol–water partition coefficient (Wildman–Crippen LogP) is 4.12. The van der Waals surface area contributed by atoms with E-state index in [0.29, 0.717) is 17.3 Å². The minimum absolute atomic E-state index is 0.0448. The van der Waals surface area contributed by atoms with Crippen molar-refractivity contribution in [3.8, 4) is 0 Å². The highest BCUT2D eigenvalue weighted by Gasteiger charge is 2.21. The first-order valence-electron chi connectivity index (χ1n) is 6.49. The Morgan fingerprint density at radius 2 is 2.05 bits per heavy atom. The molecule has 2 aromatic rings. The van der Waals surface area contributed by atoms with Crippen LogP contribution in [-0.2, 0) is 19.0 Å². The third kappa shape index (κ3) is 3.31. The highest BCUT2D eigenvalue weighted by atomic mass is 35.5. The largest absolute Gasteiger partial charge is 0.378 e. The number of aryl methyl sites for hydroxylation is 1. The van der Waals surface area contributed by atoms with E-state index in [4.69, 9.17) is 11.6 Å². The van der Waals surface area contributed by atoms with Crippen molar-refractivity contribution < 1.29 is 4.39 Å². The Bertz CT molecular complexity index is 614. The predicted molar refractivity (Wildman–Crippen MR) is 80.6 cm³/mol. The van der Waals surface area contributed by atoms with Gasteiger partial charge in [0.05, 0.1) is 11.4 Å². The fourth-order valence-corrected chi connectivity index (χ4v) is 2.28. The van der Waals surface area contributed by atoms with E-state index < -0.39 is 0 Å². The van der Waals surface area contributed by atoms with Crippen molar-refractivity contribution in [2.75, 3.05) is 5.32 Å². The van der Waals surface area contributed by atoms with Gasteiger partial charge in [0.1, 0.15) is 5.82 Å². The van der Waals surface area contributed by atoms with E-state index in [1.54, 1.807) is 16.8 Å². The standard InChI is InChI=1S/C15H19ClFN3/c1-15(2,3)14-10(9-20(4)19-14)8-18-13-6-5-11(16)7-12(13)17/h5-7,9,18H,8H2,1-4H3. The van der Waals surface area contributed by atoms with Gasteiger partial charge in [-0.15, -0.1) is 0 Å². The van der Waals surface area contributed by atoms with Gasteiger partial charge in [-0.25, -0.2) is 4.39 Å². The molecule has 0 atom stereocenters. The van der Waals surface area contributed by atoms with Crippen LogP contribution in [0.1, 0.15) is 32.0 Å². The zero-order chi connectivity index (χ0) is 14.9. The summed E-state index contributed by atoms with van der Waals surface area (Å²) < 4.78 is 15.5. The average Bonchev–Trinajstić information content (AvgIpc) is 2.69. The summed E-state index contributed by atoms with van der Waals surface area (Å²) in [6.45, 7) is 6.87. The maximum Gasteiger partial charge on any atom is 0.147 e. The molecule has 20 heavy (non-hydrogen) atoms. The summed E-state index contributed by atoms with van der Waals surface area (Å²) in [5.41, 5.74) is 2.48. The van der Waals surface area contributed by atoms with E-state index in [-0.39, 0.29) is 11.2 Å². The summed E-state index contributed by atoms with van der Waals surface area (Å²) >= 11 is 5.74. The molecule has 0 saturated carbocycles. The van der Waals surface area contributed by atoms with Crippen LogP contribution in [0, 0.1) is 5.82 Å². The van der Waals surface area contributed by atoms with Crippen LogP contribution in [-0.4, -0.2) is 9.78 Å². The molecule has 0 unspecified atom stereocenters. The molecular formula is C15H19ClFN3. The topological polar surface area (TPSA) is 29.9 Å². The van der Waals surface area contributed by atoms with E-state index in [0.717, 1.165) is 11.3 Å². The van der Waals surface area contributed by atoms with Crippen molar-refractivity contribution in [1.29, 1.82) is 0 Å². The maximum atomic E-state index is 13.7. The first kappa shape index (κ1) is 14.9. The van der Waals surface area contributed by atoms with E-state index in [2.05, 4.69) is 31.2 Å². The van der Waals surface area contributed by atoms with Crippen molar-refractivity contribution in [3.05, 3.63) is 46.5 Å². The number of nitrogens with zero attached hydrogens (tertiary/aromatic N) is 2. The fraction of sp³-hybridized carbons (Fsp3) is 0.400. The van der Waals surface area contributed by atoms with E-state index in [1.807, 2.05) is 13.2 Å². The van der Waals surface area contributed by atoms with Crippen LogP contribution in [0.25, 0.3) is 0 Å². The number of nitrogens with one attached hydrogen (secondary N) is 1. The van der Waals surface area contributed by atoms with Crippen LogP contribution in [0.2, 0.25) is 5.02 Å². The first-order chi connectivity index (χ1) is 9.27. The molecule has 1 heterocycles. The third-order valence-corrected chi connectivity index (χ3v) is 3.25. The number of anilines is 1. The summed E-state index contributed by atoms with van der Waals surface area (Å²) in [4.78, 5) is 0. The Kier molecular flexibility index (Phi) is 4.04. The quantitative estimate of drug-likeness (QED) is 0.923. The molecule has 1 aromatic carbocycles. The highest BCUT2D eigenvalue weighted by Crippen LogP contribution is 2.25. The maximum absolute atomic E-state index is 13.7. The molecule has 0 aliphatic carbocycles. The Morgan fingerprint density at radius 1 is 1.35 bits per heavy atom. The SMILES string of the molecule is Cn1cc(CNc2ccc(Cl)cc2F)c(C(C)(C)C)n1. The second kappa shape index (κ2) is 5.44. The summed E-state index contributed by atoms with van der Waals surface area (Å²) in [6, 6.07) is 4.61. The van der Waals surface area contributed by atoms with Gasteiger partial charge in [-0.3, -0.25) is 4.68 Å². The van der Waals surface area contributed by atoms with Gasteiger partial charge < -0.3 is 5.32 Å². The Balaban J connectivity index is 2.19. The molecule has 1 N–H and O–H groups in total. The minimum atomic E-state index is -0.348. The van der Waals surface area contributed by atoms with Gasteiger partial charge in [-0.05, 0) is 18.2 Å². The van der Waals surface area contributed by atoms with Gasteiger partial charge in [-0.2, -0.15) is 5.10 Å². The van der Waals surface area contributed by atoms with Crippen molar-refractivity contribution in [3.63, 3.8) is 0 Å². The lowest BCUT2D eigenvalue weighted by molar-refractivity contribution is 0.549. The molecule has 0 radical (unpaired) electrons. The zero-order valence-corrected chi connectivity index (χ0v) is 12.9. The zero-order valence-electron chi connectivity index (χ0n) is 12.2. The van der Waals surface area contributed by atoms with Gasteiger partial charge in [0.2, 0.25) is 0 Å². The molecule has 3 nitrogen and oxygen atoms in total. The Hall–Kier alpha value is -1.55. The van der Waals surface area contributed by atoms with Crippen LogP contribution in [0.3, 0.4) is 0 Å². The molecule has 0 aliphatic heterocycles.